The van der Waals surface area contributed by atoms with Crippen LogP contribution in [0.2, 0.25) is 0 Å². The van der Waals surface area contributed by atoms with E-state index in [4.69, 9.17) is 5.73 Å². The molecule has 0 aliphatic rings. The standard InChI is InChI=1S/C12H21N3/c1-2-3-4-12(13)10-15-9-11-5-7-14-8-6-11/h5-8,12,15H,2-4,9-10,13H2,1H3. The minimum Gasteiger partial charge on any atom is -0.327 e. The zero-order valence-corrected chi connectivity index (χ0v) is 9.45. The quantitative estimate of drug-likeness (QED) is 0.715. The number of nitrogens with two attached hydrogens (primary N) is 1. The summed E-state index contributed by atoms with van der Waals surface area (Å²) >= 11 is 0. The van der Waals surface area contributed by atoms with Crippen LogP contribution < -0.4 is 11.1 Å². The number of hydrogen-bond acceptors (Lipinski definition) is 3. The molecule has 3 nitrogen and oxygen atoms in total. The van der Waals surface area contributed by atoms with E-state index in [0.717, 1.165) is 19.5 Å². The molecule has 3 heteroatoms. The van der Waals surface area contributed by atoms with Gasteiger partial charge >= 0.3 is 0 Å². The Morgan fingerprint density at radius 1 is 1.40 bits per heavy atom. The van der Waals surface area contributed by atoms with Crippen LogP contribution in [0.5, 0.6) is 0 Å². The van der Waals surface area contributed by atoms with Gasteiger partial charge < -0.3 is 11.1 Å². The molecule has 0 spiro atoms. The summed E-state index contributed by atoms with van der Waals surface area (Å²) in [6, 6.07) is 4.32. The van der Waals surface area contributed by atoms with Crippen LogP contribution in [-0.4, -0.2) is 17.6 Å². The largest absolute Gasteiger partial charge is 0.327 e. The lowest BCUT2D eigenvalue weighted by molar-refractivity contribution is 0.524. The van der Waals surface area contributed by atoms with Gasteiger partial charge in [0, 0.05) is 31.5 Å². The van der Waals surface area contributed by atoms with E-state index in [-0.39, 0.29) is 6.04 Å². The van der Waals surface area contributed by atoms with Gasteiger partial charge in [-0.2, -0.15) is 0 Å². The normalized spacial score (nSPS) is 12.7. The van der Waals surface area contributed by atoms with Crippen molar-refractivity contribution in [1.82, 2.24) is 10.3 Å². The molecule has 1 unspecified atom stereocenters. The van der Waals surface area contributed by atoms with Gasteiger partial charge in [-0.05, 0) is 24.1 Å². The molecule has 1 aromatic heterocycles. The first-order valence-corrected chi connectivity index (χ1v) is 5.68. The Bertz CT molecular complexity index is 248. The highest BCUT2D eigenvalue weighted by Crippen LogP contribution is 1.98. The van der Waals surface area contributed by atoms with Crippen molar-refractivity contribution in [3.05, 3.63) is 30.1 Å². The molecule has 0 radical (unpaired) electrons. The molecule has 84 valence electrons. The number of aromatic nitrogens is 1. The molecule has 0 saturated heterocycles. The maximum absolute atomic E-state index is 5.95. The first-order valence-electron chi connectivity index (χ1n) is 5.68. The Kier molecular flexibility index (Phi) is 5.97. The molecular formula is C12H21N3. The van der Waals surface area contributed by atoms with Crippen molar-refractivity contribution >= 4 is 0 Å². The first kappa shape index (κ1) is 12.1. The van der Waals surface area contributed by atoms with Gasteiger partial charge in [0.15, 0.2) is 0 Å². The molecule has 0 saturated carbocycles. The van der Waals surface area contributed by atoms with Crippen LogP contribution in [0.4, 0.5) is 0 Å². The molecule has 0 aromatic carbocycles. The lowest BCUT2D eigenvalue weighted by Gasteiger charge is -2.11. The molecular weight excluding hydrogens is 186 g/mol. The summed E-state index contributed by atoms with van der Waals surface area (Å²) < 4.78 is 0. The van der Waals surface area contributed by atoms with Gasteiger partial charge in [0.1, 0.15) is 0 Å². The molecule has 0 aliphatic heterocycles. The van der Waals surface area contributed by atoms with Gasteiger partial charge in [0.05, 0.1) is 0 Å². The Labute approximate surface area is 92.1 Å². The molecule has 0 bridgehead atoms. The van der Waals surface area contributed by atoms with Crippen molar-refractivity contribution in [2.45, 2.75) is 38.8 Å². The topological polar surface area (TPSA) is 50.9 Å². The van der Waals surface area contributed by atoms with Crippen LogP contribution in [0.1, 0.15) is 31.7 Å². The zero-order chi connectivity index (χ0) is 10.9. The molecule has 0 aliphatic carbocycles. The molecule has 1 heterocycles. The average molecular weight is 207 g/mol. The molecule has 1 atom stereocenters. The second-order valence-corrected chi connectivity index (χ2v) is 3.89. The van der Waals surface area contributed by atoms with Gasteiger partial charge in [0.25, 0.3) is 0 Å². The molecule has 1 aromatic rings. The second-order valence-electron chi connectivity index (χ2n) is 3.89. The summed E-state index contributed by atoms with van der Waals surface area (Å²) in [5.74, 6) is 0. The number of pyridine rings is 1. The third-order valence-corrected chi connectivity index (χ3v) is 2.41. The van der Waals surface area contributed by atoms with E-state index < -0.39 is 0 Å². The van der Waals surface area contributed by atoms with E-state index in [0.29, 0.717) is 0 Å². The van der Waals surface area contributed by atoms with Crippen LogP contribution in [0.25, 0.3) is 0 Å². The van der Waals surface area contributed by atoms with Crippen molar-refractivity contribution < 1.29 is 0 Å². The summed E-state index contributed by atoms with van der Waals surface area (Å²) in [5.41, 5.74) is 7.21. The fourth-order valence-corrected chi connectivity index (χ4v) is 1.47. The predicted octanol–water partition coefficient (Wildman–Crippen LogP) is 1.69. The van der Waals surface area contributed by atoms with E-state index in [1.54, 1.807) is 0 Å². The van der Waals surface area contributed by atoms with Crippen molar-refractivity contribution in [1.29, 1.82) is 0 Å². The fourth-order valence-electron chi connectivity index (χ4n) is 1.47. The average Bonchev–Trinajstić information content (AvgIpc) is 2.28. The summed E-state index contributed by atoms with van der Waals surface area (Å²) in [7, 11) is 0. The van der Waals surface area contributed by atoms with Crippen molar-refractivity contribution in [3.63, 3.8) is 0 Å². The highest BCUT2D eigenvalue weighted by atomic mass is 14.9. The number of rotatable bonds is 7. The Morgan fingerprint density at radius 2 is 2.13 bits per heavy atom. The minimum atomic E-state index is 0.284. The molecule has 0 amide bonds. The molecule has 0 fully saturated rings. The van der Waals surface area contributed by atoms with E-state index in [1.165, 1.54) is 18.4 Å². The third-order valence-electron chi connectivity index (χ3n) is 2.41. The van der Waals surface area contributed by atoms with Gasteiger partial charge in [-0.1, -0.05) is 19.8 Å². The van der Waals surface area contributed by atoms with Gasteiger partial charge in [-0.15, -0.1) is 0 Å². The Hall–Kier alpha value is -0.930. The second kappa shape index (κ2) is 7.37. The van der Waals surface area contributed by atoms with Crippen LogP contribution >= 0.6 is 0 Å². The lowest BCUT2D eigenvalue weighted by Crippen LogP contribution is -2.33. The van der Waals surface area contributed by atoms with E-state index in [1.807, 2.05) is 24.5 Å². The highest BCUT2D eigenvalue weighted by molar-refractivity contribution is 5.08. The van der Waals surface area contributed by atoms with Gasteiger partial charge in [-0.3, -0.25) is 4.98 Å². The summed E-state index contributed by atoms with van der Waals surface area (Å²) in [6.45, 7) is 3.96. The van der Waals surface area contributed by atoms with E-state index >= 15 is 0 Å². The SMILES string of the molecule is CCCCC(N)CNCc1ccncc1. The summed E-state index contributed by atoms with van der Waals surface area (Å²) in [4.78, 5) is 3.98. The van der Waals surface area contributed by atoms with Gasteiger partial charge in [-0.25, -0.2) is 0 Å². The summed E-state index contributed by atoms with van der Waals surface area (Å²) in [5, 5.41) is 3.36. The Balaban J connectivity index is 2.11. The molecule has 15 heavy (non-hydrogen) atoms. The predicted molar refractivity (Wildman–Crippen MR) is 63.4 cm³/mol. The number of unbranched alkanes of at least 4 members (excludes halogenated alkanes) is 1. The van der Waals surface area contributed by atoms with E-state index in [9.17, 15) is 0 Å². The fraction of sp³-hybridized carbons (Fsp3) is 0.583. The maximum atomic E-state index is 5.95. The van der Waals surface area contributed by atoms with Crippen molar-refractivity contribution in [2.24, 2.45) is 5.73 Å². The zero-order valence-electron chi connectivity index (χ0n) is 9.45. The smallest absolute Gasteiger partial charge is 0.0271 e. The first-order chi connectivity index (χ1) is 7.33. The van der Waals surface area contributed by atoms with Crippen LogP contribution in [-0.2, 0) is 6.54 Å². The Morgan fingerprint density at radius 3 is 2.80 bits per heavy atom. The van der Waals surface area contributed by atoms with Crippen molar-refractivity contribution in [3.8, 4) is 0 Å². The van der Waals surface area contributed by atoms with Crippen molar-refractivity contribution in [2.75, 3.05) is 6.54 Å². The van der Waals surface area contributed by atoms with E-state index in [2.05, 4.69) is 17.2 Å². The third kappa shape index (κ3) is 5.50. The minimum absolute atomic E-state index is 0.284. The van der Waals surface area contributed by atoms with Crippen LogP contribution in [0.3, 0.4) is 0 Å². The van der Waals surface area contributed by atoms with Crippen LogP contribution in [0.15, 0.2) is 24.5 Å². The molecule has 1 rings (SSSR count). The maximum Gasteiger partial charge on any atom is 0.0271 e. The van der Waals surface area contributed by atoms with Gasteiger partial charge in [0.2, 0.25) is 0 Å². The summed E-state index contributed by atoms with van der Waals surface area (Å²) in [6.07, 6.45) is 7.18. The number of nitrogens with one attached hydrogen (secondary N) is 1. The highest BCUT2D eigenvalue weighted by Gasteiger charge is 2.00. The monoisotopic (exact) mass is 207 g/mol. The number of hydrogen-bond donors (Lipinski definition) is 2. The number of nitrogens with zero attached hydrogens (tertiary/aromatic N) is 1. The molecule has 3 N–H and O–H groups in total. The lowest BCUT2D eigenvalue weighted by atomic mass is 10.1. The van der Waals surface area contributed by atoms with Crippen LogP contribution in [0, 0.1) is 0 Å².